The van der Waals surface area contributed by atoms with Crippen molar-refractivity contribution in [2.24, 2.45) is 5.92 Å². The summed E-state index contributed by atoms with van der Waals surface area (Å²) in [5, 5.41) is 15.9. The molecule has 4 heterocycles. The van der Waals surface area contributed by atoms with Gasteiger partial charge < -0.3 is 25.4 Å². The lowest BCUT2D eigenvalue weighted by Crippen LogP contribution is -2.39. The molecule has 1 unspecified atom stereocenters. The zero-order chi connectivity index (χ0) is 23.9. The van der Waals surface area contributed by atoms with Crippen molar-refractivity contribution in [1.29, 1.82) is 0 Å². The average molecular weight is 486 g/mol. The average Bonchev–Trinajstić information content (AvgIpc) is 3.46. The van der Waals surface area contributed by atoms with Gasteiger partial charge in [0.05, 0.1) is 17.4 Å². The van der Waals surface area contributed by atoms with Gasteiger partial charge in [0, 0.05) is 50.0 Å². The molecule has 0 spiro atoms. The Morgan fingerprint density at radius 1 is 1.32 bits per heavy atom. The number of nitrogens with one attached hydrogen (secondary N) is 2. The molecule has 1 atom stereocenters. The molecule has 0 radical (unpaired) electrons. The minimum absolute atomic E-state index is 0.128. The number of carbonyl (C=O) groups is 1. The van der Waals surface area contributed by atoms with E-state index in [9.17, 15) is 14.3 Å². The van der Waals surface area contributed by atoms with Gasteiger partial charge >= 0.3 is 0 Å². The third-order valence-electron chi connectivity index (χ3n) is 7.02. The number of piperidine rings is 1. The molecule has 4 aliphatic heterocycles. The number of hydrogen-bond acceptors (Lipinski definition) is 6. The molecular weight excluding hydrogens is 453 g/mol. The number of ether oxygens (including phenoxy) is 1. The summed E-state index contributed by atoms with van der Waals surface area (Å²) in [6, 6.07) is 4.35. The SMILES string of the molecule is CC1(C)O/C(=C2/C(=O)Nc3cc(F)ccc32)C=C1C1C=C(CNCCN2CCC(O)CC2)SC1. The number of amides is 1. The van der Waals surface area contributed by atoms with Crippen LogP contribution in [-0.2, 0) is 9.53 Å². The van der Waals surface area contributed by atoms with Crippen LogP contribution in [0.25, 0.3) is 5.57 Å². The highest BCUT2D eigenvalue weighted by atomic mass is 32.2. The van der Waals surface area contributed by atoms with Crippen LogP contribution in [0.1, 0.15) is 32.3 Å². The quantitative estimate of drug-likeness (QED) is 0.423. The molecule has 8 heteroatoms. The number of thioether (sulfide) groups is 1. The van der Waals surface area contributed by atoms with Crippen LogP contribution in [0.15, 0.2) is 46.6 Å². The van der Waals surface area contributed by atoms with E-state index in [0.717, 1.165) is 56.9 Å². The Hall–Kier alpha value is -2.13. The van der Waals surface area contributed by atoms with Crippen molar-refractivity contribution in [2.45, 2.75) is 38.4 Å². The van der Waals surface area contributed by atoms with Crippen molar-refractivity contribution >= 4 is 28.9 Å². The van der Waals surface area contributed by atoms with Crippen LogP contribution < -0.4 is 10.6 Å². The summed E-state index contributed by atoms with van der Waals surface area (Å²) in [6.07, 6.45) is 5.94. The molecule has 1 saturated heterocycles. The Balaban J connectivity index is 1.24. The van der Waals surface area contributed by atoms with Crippen LogP contribution >= 0.6 is 11.8 Å². The van der Waals surface area contributed by atoms with Crippen molar-refractivity contribution in [3.63, 3.8) is 0 Å². The van der Waals surface area contributed by atoms with E-state index in [1.165, 1.54) is 17.0 Å². The summed E-state index contributed by atoms with van der Waals surface area (Å²) >= 11 is 1.87. The fourth-order valence-corrected chi connectivity index (χ4v) is 6.28. The molecule has 0 saturated carbocycles. The number of benzene rings is 1. The first-order valence-corrected chi connectivity index (χ1v) is 13.0. The third kappa shape index (κ3) is 4.82. The predicted molar refractivity (Wildman–Crippen MR) is 134 cm³/mol. The van der Waals surface area contributed by atoms with Crippen molar-refractivity contribution in [1.82, 2.24) is 10.2 Å². The molecule has 5 rings (SSSR count). The van der Waals surface area contributed by atoms with E-state index in [2.05, 4.69) is 21.6 Å². The molecule has 1 aromatic carbocycles. The van der Waals surface area contributed by atoms with Gasteiger partial charge in [0.2, 0.25) is 0 Å². The molecule has 1 amide bonds. The van der Waals surface area contributed by atoms with Crippen LogP contribution in [0.3, 0.4) is 0 Å². The fourth-order valence-electron chi connectivity index (χ4n) is 5.14. The van der Waals surface area contributed by atoms with Gasteiger partial charge in [-0.3, -0.25) is 4.79 Å². The number of fused-ring (bicyclic) bond motifs is 1. The Morgan fingerprint density at radius 2 is 2.12 bits per heavy atom. The number of aliphatic hydroxyl groups is 1. The molecular formula is C26H32FN3O3S. The van der Waals surface area contributed by atoms with E-state index in [0.29, 0.717) is 22.6 Å². The number of aliphatic hydroxyl groups excluding tert-OH is 1. The summed E-state index contributed by atoms with van der Waals surface area (Å²) in [5.41, 5.74) is 2.28. The number of likely N-dealkylation sites (tertiary alicyclic amines) is 1. The standard InChI is InChI=1S/C26H32FN3O3S/c1-26(2)21(13-23(33-26)24-20-4-3-17(27)12-22(20)29-25(24)32)16-11-19(34-15-16)14-28-7-10-30-8-5-18(31)6-9-30/h3-4,11-13,16,18,28,31H,5-10,14-15H2,1-2H3,(H,29,32)/b24-23+. The van der Waals surface area contributed by atoms with E-state index in [4.69, 9.17) is 4.74 Å². The van der Waals surface area contributed by atoms with Crippen LogP contribution in [0.4, 0.5) is 10.1 Å². The predicted octanol–water partition coefficient (Wildman–Crippen LogP) is 3.52. The summed E-state index contributed by atoms with van der Waals surface area (Å²) in [4.78, 5) is 16.4. The summed E-state index contributed by atoms with van der Waals surface area (Å²) < 4.78 is 19.9. The summed E-state index contributed by atoms with van der Waals surface area (Å²) in [5.74, 6) is 1.12. The second kappa shape index (κ2) is 9.49. The first-order valence-electron chi connectivity index (χ1n) is 12.0. The molecule has 182 valence electrons. The van der Waals surface area contributed by atoms with Gasteiger partial charge in [-0.2, -0.15) is 0 Å². The summed E-state index contributed by atoms with van der Waals surface area (Å²) in [6.45, 7) is 8.80. The second-order valence-electron chi connectivity index (χ2n) is 9.90. The molecule has 0 aromatic heterocycles. The lowest BCUT2D eigenvalue weighted by atomic mass is 9.88. The zero-order valence-corrected chi connectivity index (χ0v) is 20.5. The van der Waals surface area contributed by atoms with Gasteiger partial charge in [-0.15, -0.1) is 11.8 Å². The Labute approximate surface area is 204 Å². The van der Waals surface area contributed by atoms with Crippen molar-refractivity contribution in [3.05, 3.63) is 58.0 Å². The normalized spacial score (nSPS) is 26.8. The maximum absolute atomic E-state index is 13.6. The van der Waals surface area contributed by atoms with Crippen molar-refractivity contribution < 1.29 is 19.0 Å². The van der Waals surface area contributed by atoms with Crippen molar-refractivity contribution in [2.75, 3.05) is 43.8 Å². The van der Waals surface area contributed by atoms with Gasteiger partial charge in [0.25, 0.3) is 5.91 Å². The highest BCUT2D eigenvalue weighted by Gasteiger charge is 2.40. The number of nitrogens with zero attached hydrogens (tertiary/aromatic N) is 1. The molecule has 4 aliphatic rings. The Kier molecular flexibility index (Phi) is 6.59. The van der Waals surface area contributed by atoms with Crippen LogP contribution in [0.2, 0.25) is 0 Å². The lowest BCUT2D eigenvalue weighted by Gasteiger charge is -2.29. The van der Waals surface area contributed by atoms with Gasteiger partial charge in [-0.25, -0.2) is 4.39 Å². The molecule has 3 N–H and O–H groups in total. The monoisotopic (exact) mass is 485 g/mol. The number of carbonyl (C=O) groups excluding carboxylic acids is 1. The van der Waals surface area contributed by atoms with Crippen LogP contribution in [0, 0.1) is 11.7 Å². The minimum atomic E-state index is -0.519. The summed E-state index contributed by atoms with van der Waals surface area (Å²) in [7, 11) is 0. The molecule has 6 nitrogen and oxygen atoms in total. The van der Waals surface area contributed by atoms with Crippen LogP contribution in [-0.4, -0.2) is 66.1 Å². The maximum Gasteiger partial charge on any atom is 0.260 e. The fraction of sp³-hybridized carbons (Fsp3) is 0.500. The molecule has 1 aromatic rings. The molecule has 0 bridgehead atoms. The first kappa shape index (κ1) is 23.6. The van der Waals surface area contributed by atoms with E-state index >= 15 is 0 Å². The highest BCUT2D eigenvalue weighted by molar-refractivity contribution is 8.03. The van der Waals surface area contributed by atoms with Gasteiger partial charge in [0.15, 0.2) is 0 Å². The van der Waals surface area contributed by atoms with E-state index in [-0.39, 0.29) is 23.7 Å². The van der Waals surface area contributed by atoms with Gasteiger partial charge in [-0.05, 0) is 61.4 Å². The Bertz CT molecular complexity index is 1070. The lowest BCUT2D eigenvalue weighted by molar-refractivity contribution is -0.111. The van der Waals surface area contributed by atoms with Gasteiger partial charge in [0.1, 0.15) is 17.2 Å². The largest absolute Gasteiger partial charge is 0.483 e. The number of hydrogen-bond donors (Lipinski definition) is 3. The van der Waals surface area contributed by atoms with E-state index < -0.39 is 5.60 Å². The Morgan fingerprint density at radius 3 is 2.91 bits per heavy atom. The second-order valence-corrected chi connectivity index (χ2v) is 11.0. The van der Waals surface area contributed by atoms with E-state index in [1.807, 2.05) is 31.7 Å². The third-order valence-corrected chi connectivity index (χ3v) is 8.19. The number of halogens is 1. The number of rotatable bonds is 6. The topological polar surface area (TPSA) is 73.8 Å². The minimum Gasteiger partial charge on any atom is -0.483 e. The highest BCUT2D eigenvalue weighted by Crippen LogP contribution is 2.46. The first-order chi connectivity index (χ1) is 16.3. The smallest absolute Gasteiger partial charge is 0.260 e. The zero-order valence-electron chi connectivity index (χ0n) is 19.7. The van der Waals surface area contributed by atoms with Crippen molar-refractivity contribution in [3.8, 4) is 0 Å². The maximum atomic E-state index is 13.6. The van der Waals surface area contributed by atoms with Crippen LogP contribution in [0.5, 0.6) is 0 Å². The van der Waals surface area contributed by atoms with E-state index in [1.54, 1.807) is 6.07 Å². The number of allylic oxidation sites excluding steroid dienone is 2. The van der Waals surface area contributed by atoms with Gasteiger partial charge in [-0.1, -0.05) is 6.08 Å². The molecule has 0 aliphatic carbocycles. The molecule has 34 heavy (non-hydrogen) atoms. The molecule has 1 fully saturated rings. The number of anilines is 1.